The predicted octanol–water partition coefficient (Wildman–Crippen LogP) is 16.7. The van der Waals surface area contributed by atoms with E-state index >= 15 is 0 Å². The van der Waals surface area contributed by atoms with Gasteiger partial charge in [-0.05, 0) is 276 Å². The molecule has 7 fully saturated rings. The number of aliphatic imine (C=N–C) groups is 1. The van der Waals surface area contributed by atoms with Crippen LogP contribution in [0.1, 0.15) is 229 Å². The quantitative estimate of drug-likeness (QED) is 0.0123. The van der Waals surface area contributed by atoms with Crippen LogP contribution in [0.25, 0.3) is 0 Å². The average Bonchev–Trinajstić information content (AvgIpc) is 1.66. The van der Waals surface area contributed by atoms with E-state index in [-0.39, 0.29) is 91.4 Å². The number of nitrogens with one attached hydrogen (secondary N) is 20. The number of sulfone groups is 2. The lowest BCUT2D eigenvalue weighted by molar-refractivity contribution is -0.183. The first kappa shape index (κ1) is 106. The van der Waals surface area contributed by atoms with Gasteiger partial charge in [0.15, 0.2) is 48.9 Å². The highest BCUT2D eigenvalue weighted by atomic mass is 32.2. The molecule has 40 nitrogen and oxygen atoms in total. The van der Waals surface area contributed by atoms with Gasteiger partial charge in [0.2, 0.25) is 23.8 Å². The number of nitrogens with zero attached hydrogens (tertiary/aromatic N) is 13. The maximum absolute atomic E-state index is 13.0. The normalized spacial score (nSPS) is 22.4. The molecule has 8 aromatic heterocycles. The number of aromatic amines is 4. The number of aryl methyl sites for hydroxylation is 2. The summed E-state index contributed by atoms with van der Waals surface area (Å²) in [5.41, 5.74) is 8.03. The number of guanidine groups is 1. The molecular weight excluding hydrogens is 1970 g/mol. The third kappa shape index (κ3) is 31.5. The van der Waals surface area contributed by atoms with Crippen molar-refractivity contribution in [2.45, 2.75) is 307 Å². The Morgan fingerprint density at radius 1 is 0.356 bits per heavy atom. The van der Waals surface area contributed by atoms with E-state index in [1.54, 1.807) is 80.4 Å². The zero-order valence-corrected chi connectivity index (χ0v) is 85.4. The van der Waals surface area contributed by atoms with E-state index in [2.05, 4.69) is 177 Å². The minimum absolute atomic E-state index is 0.00213. The topological polar surface area (TPSA) is 542 Å². The number of aromatic nitrogens is 16. The molecule has 9 aliphatic carbocycles. The molecule has 0 aliphatic heterocycles. The molecule has 20 N–H and O–H groups in total. The first-order valence-electron chi connectivity index (χ1n) is 51.3. The number of fused-ring (bicyclic) bond motifs is 2. The number of H-pyrrole nitrogens is 4. The molecule has 20 rings (SSSR count). The molecule has 8 heterocycles. The van der Waals surface area contributed by atoms with Gasteiger partial charge in [0.05, 0.1) is 21.3 Å². The summed E-state index contributed by atoms with van der Waals surface area (Å²) in [5, 5.41) is 79.8. The maximum Gasteiger partial charge on any atom is 0.416 e. The summed E-state index contributed by atoms with van der Waals surface area (Å²) in [4.78, 5) is 78.1. The van der Waals surface area contributed by atoms with Crippen LogP contribution >= 0.6 is 0 Å². The minimum atomic E-state index is -4.39. The molecule has 0 spiro atoms. The molecular formula is C101H131F6N33O7S2. The van der Waals surface area contributed by atoms with Crippen molar-refractivity contribution in [2.75, 3.05) is 67.4 Å². The zero-order chi connectivity index (χ0) is 104. The van der Waals surface area contributed by atoms with Crippen LogP contribution in [0.15, 0.2) is 149 Å². The van der Waals surface area contributed by atoms with Crippen LogP contribution in [0.5, 0.6) is 0 Å². The second kappa shape index (κ2) is 48.4. The van der Waals surface area contributed by atoms with Crippen LogP contribution in [-0.4, -0.2) is 214 Å². The second-order valence-corrected chi connectivity index (χ2v) is 44.4. The lowest BCUT2D eigenvalue weighted by atomic mass is 9.85. The Morgan fingerprint density at radius 2 is 0.705 bits per heavy atom. The second-order valence-electron chi connectivity index (χ2n) is 40.4. The number of hydrogen-bond acceptors (Lipinski definition) is 28. The van der Waals surface area contributed by atoms with Gasteiger partial charge in [-0.3, -0.25) is 25.4 Å². The first-order chi connectivity index (χ1) is 71.6. The van der Waals surface area contributed by atoms with Gasteiger partial charge in [0.1, 0.15) is 23.3 Å². The van der Waals surface area contributed by atoms with E-state index in [0.29, 0.717) is 130 Å². The summed E-state index contributed by atoms with van der Waals surface area (Å²) in [6, 6.07) is 30.6. The molecule has 0 saturated heterocycles. The highest BCUT2D eigenvalue weighted by Gasteiger charge is 2.43. The molecule has 149 heavy (non-hydrogen) atoms. The fraction of sp³-hybridized carbons (Fsp3) is 0.505. The van der Waals surface area contributed by atoms with Crippen molar-refractivity contribution < 1.29 is 57.6 Å². The van der Waals surface area contributed by atoms with E-state index < -0.39 is 49.6 Å². The van der Waals surface area contributed by atoms with Gasteiger partial charge >= 0.3 is 30.4 Å². The standard InChI is InChI=1S/C27H34N8O3S.C26H37F3N8O.C25H32N8O3S.C23H28F3N9/c1-39(37,38)22-9-4-17-12-21(13-18(17)14-22)31-27(36)30-20-7-5-19(6-8-20)29-26-28-11-10-24(33-26)32-25-15-23(34-35-25)16-2-3-16;27-26(28,29)17-6-3-7-20(14-17)33-25(38)32-19-10-8-18(9-11-19)31-24-30-13-12-22(35-24)34-23-15-21(36-37-23)16-4-1-2-5-16;1-15-11-23(33-32-15)30-22-9-10-26-24(31-22)27-18-4-6-19(7-5-18)28-25(34)29-20-12-16-3-8-21(37(2,35)36)14-17(16)13-20;1-14-12-20(35-34-14)32-19-10-11-28-22(33-19)30-17-8-6-16(7-9-17)29-21(27-2)31-18-5-3-4-15(13-18)23(24,25)26/h4,9-11,14-16,19-21H,2-3,5-8,12-13H2,1H3,(H2,30,31,36)(H3,28,29,32,33,34,35);12-13,15-20H,1-11,14H2,(H2,32,33,38)(H3,30,31,34,35,36,37);3,8-11,14,18-20H,4-7,12-13H2,1-2H3,(H2,28,29,34)(H3,26,27,30,31,32,33);3-5,10-13,16-17H,6-9H2,1-2H3,(H2,27,29,31)(H3,28,30,32,33,34,35)/t;17-,18?,19?,20-;;/m.1../s1. The minimum Gasteiger partial charge on any atom is -0.353 e. The third-order valence-corrected chi connectivity index (χ3v) is 30.8. The Balaban J connectivity index is 0.000000135. The van der Waals surface area contributed by atoms with Gasteiger partial charge in [-0.15, -0.1) is 0 Å². The fourth-order valence-electron chi connectivity index (χ4n) is 20.6. The summed E-state index contributed by atoms with van der Waals surface area (Å²) in [6.45, 7) is 3.86. The zero-order valence-electron chi connectivity index (χ0n) is 83.8. The van der Waals surface area contributed by atoms with E-state index in [1.165, 1.54) is 68.5 Å². The third-order valence-electron chi connectivity index (χ3n) is 28.6. The molecule has 7 saturated carbocycles. The van der Waals surface area contributed by atoms with E-state index in [1.807, 2.05) is 50.2 Å². The Labute approximate surface area is 860 Å². The molecule has 0 bridgehead atoms. The number of carbonyl (C=O) groups excluding carboxylic acids is 3. The monoisotopic (exact) mass is 2100 g/mol. The van der Waals surface area contributed by atoms with Crippen LogP contribution in [-0.2, 0) is 51.5 Å². The molecule has 796 valence electrons. The number of anilines is 13. The van der Waals surface area contributed by atoms with Gasteiger partial charge in [-0.2, -0.15) is 66.7 Å². The highest BCUT2D eigenvalue weighted by molar-refractivity contribution is 7.91. The molecule has 4 atom stereocenters. The van der Waals surface area contributed by atoms with Gasteiger partial charge in [0.25, 0.3) is 0 Å². The molecule has 11 aromatic rings. The Hall–Kier alpha value is -14.2. The number of amides is 6. The van der Waals surface area contributed by atoms with Crippen LogP contribution in [0.3, 0.4) is 0 Å². The molecule has 9 aliphatic rings. The van der Waals surface area contributed by atoms with Gasteiger partial charge in [-0.1, -0.05) is 37.5 Å². The SMILES string of the molecule is CN=C(Nc1cccc(C(F)(F)F)c1)NC1CCC(Nc2nccc(Nc3cc(C)[nH]n3)n2)CC1.CS(=O)(=O)c1ccc2c(c1)CC(NC(=O)NC1CCC(Nc3nccc(Nc4cc(C5CC5)[nH]n4)n3)CC1)C2.Cc1cc(Nc2ccnc(NC3CCC(NC(=O)NC4Cc5ccc(S(C)(=O)=O)cc5C4)CC3)n2)n[nH]1.O=C(NC1CCC(Nc2nccc(Nc3cc(C4CCCC4)[nH]n3)n2)CC1)N[C@@H]1CCC[C@@H](C(F)(F)F)C1. The summed E-state index contributed by atoms with van der Waals surface area (Å²) in [7, 11) is -4.89. The first-order valence-corrected chi connectivity index (χ1v) is 55.1. The number of benzene rings is 3. The van der Waals surface area contributed by atoms with Crippen molar-refractivity contribution in [1.82, 2.24) is 118 Å². The smallest absolute Gasteiger partial charge is 0.353 e. The summed E-state index contributed by atoms with van der Waals surface area (Å²) in [5.74, 6) is 8.05. The Kier molecular flexibility index (Phi) is 34.5. The van der Waals surface area contributed by atoms with E-state index in [9.17, 15) is 57.6 Å². The molecule has 48 heteroatoms. The predicted molar refractivity (Wildman–Crippen MR) is 557 cm³/mol. The van der Waals surface area contributed by atoms with Crippen LogP contribution < -0.4 is 85.1 Å². The highest BCUT2D eigenvalue weighted by Crippen LogP contribution is 2.42. The van der Waals surface area contributed by atoms with Gasteiger partial charge < -0.3 is 85.1 Å². The number of rotatable bonds is 28. The summed E-state index contributed by atoms with van der Waals surface area (Å²) in [6.07, 6.45) is 25.7. The van der Waals surface area contributed by atoms with Crippen molar-refractivity contribution >= 4 is 120 Å². The molecule has 6 amide bonds. The fourth-order valence-corrected chi connectivity index (χ4v) is 21.9. The van der Waals surface area contributed by atoms with Crippen LogP contribution in [0.2, 0.25) is 0 Å². The largest absolute Gasteiger partial charge is 0.416 e. The lowest BCUT2D eigenvalue weighted by Crippen LogP contribution is -2.49. The van der Waals surface area contributed by atoms with Crippen LogP contribution in [0, 0.1) is 19.8 Å². The van der Waals surface area contributed by atoms with Crippen molar-refractivity contribution in [2.24, 2.45) is 10.9 Å². The van der Waals surface area contributed by atoms with E-state index in [4.69, 9.17) is 0 Å². The maximum atomic E-state index is 13.0. The van der Waals surface area contributed by atoms with Crippen molar-refractivity contribution in [3.8, 4) is 0 Å². The Morgan fingerprint density at radius 3 is 1.06 bits per heavy atom. The lowest BCUT2D eigenvalue weighted by Gasteiger charge is -2.33. The van der Waals surface area contributed by atoms with Gasteiger partial charge in [-0.25, -0.2) is 51.2 Å². The number of halogens is 6. The summed E-state index contributed by atoms with van der Waals surface area (Å²) >= 11 is 0. The molecule has 2 unspecified atom stereocenters. The van der Waals surface area contributed by atoms with E-state index in [0.717, 1.165) is 160 Å². The average molecular weight is 2100 g/mol. The van der Waals surface area contributed by atoms with Crippen molar-refractivity contribution in [3.63, 3.8) is 0 Å². The number of carbonyl (C=O) groups is 3. The molecule has 0 radical (unpaired) electrons. The van der Waals surface area contributed by atoms with Crippen molar-refractivity contribution in [1.29, 1.82) is 0 Å². The van der Waals surface area contributed by atoms with Gasteiger partial charge in [0, 0.05) is 175 Å². The number of alkyl halides is 6. The number of urea groups is 3. The van der Waals surface area contributed by atoms with Crippen LogP contribution in [0.4, 0.5) is 117 Å². The molecule has 3 aromatic carbocycles. The number of hydrogen-bond donors (Lipinski definition) is 20. The Bertz CT molecular complexity index is 6620. The summed E-state index contributed by atoms with van der Waals surface area (Å²) < 4.78 is 125. The van der Waals surface area contributed by atoms with Crippen molar-refractivity contribution in [3.05, 3.63) is 185 Å².